The quantitative estimate of drug-likeness (QED) is 0.362. The van der Waals surface area contributed by atoms with E-state index in [1.165, 1.54) is 11.3 Å². The lowest BCUT2D eigenvalue weighted by molar-refractivity contribution is 0.0950. The van der Waals surface area contributed by atoms with Gasteiger partial charge in [0, 0.05) is 25.2 Å². The third-order valence-corrected chi connectivity index (χ3v) is 6.80. The van der Waals surface area contributed by atoms with Gasteiger partial charge in [-0.2, -0.15) is 0 Å². The van der Waals surface area contributed by atoms with Crippen molar-refractivity contribution >= 4 is 51.6 Å². The summed E-state index contributed by atoms with van der Waals surface area (Å²) in [4.78, 5) is 17.1. The molecule has 2 heterocycles. The van der Waals surface area contributed by atoms with Gasteiger partial charge in [-0.15, -0.1) is 10.2 Å². The number of thioether (sulfide) groups is 1. The molecule has 0 saturated heterocycles. The third-order valence-electron chi connectivity index (χ3n) is 4.48. The number of fused-ring (bicyclic) bond motifs is 1. The van der Waals surface area contributed by atoms with Crippen molar-refractivity contribution in [2.45, 2.75) is 24.0 Å². The zero-order chi connectivity index (χ0) is 21.6. The Morgan fingerprint density at radius 1 is 1.23 bits per heavy atom. The smallest absolute Gasteiger partial charge is 0.282 e. The van der Waals surface area contributed by atoms with Crippen LogP contribution in [0, 0.1) is 0 Å². The molecular formula is C21H20ClN5O2S2. The summed E-state index contributed by atoms with van der Waals surface area (Å²) < 4.78 is 7.35. The average Bonchev–Trinajstić information content (AvgIpc) is 3.39. The minimum absolute atomic E-state index is 0.223. The molecule has 0 unspecified atom stereocenters. The molecule has 0 saturated carbocycles. The van der Waals surface area contributed by atoms with Crippen molar-refractivity contribution < 1.29 is 9.53 Å². The van der Waals surface area contributed by atoms with Gasteiger partial charge in [0.2, 0.25) is 5.01 Å². The molecule has 0 fully saturated rings. The predicted octanol–water partition coefficient (Wildman–Crippen LogP) is 4.41. The van der Waals surface area contributed by atoms with Crippen LogP contribution in [0.4, 0.5) is 0 Å². The molecule has 160 valence electrons. The van der Waals surface area contributed by atoms with Crippen LogP contribution >= 0.6 is 34.7 Å². The Kier molecular flexibility index (Phi) is 7.18. The number of hydrogen-bond acceptors (Lipinski definition) is 7. The van der Waals surface area contributed by atoms with Crippen LogP contribution in [0.15, 0.2) is 53.7 Å². The standard InChI is InChI=1S/C21H20ClN5O2S2/c1-29-10-9-27-17-8-7-15(22)11-16(17)24-21(27)30-13-18-25-26-20(31-18)19(28)23-12-14-5-3-2-4-6-14/h2-8,11H,9-10,12-13H2,1H3,(H,23,28). The van der Waals surface area contributed by atoms with Gasteiger partial charge in [-0.1, -0.05) is 65.0 Å². The lowest BCUT2D eigenvalue weighted by atomic mass is 10.2. The number of nitrogens with one attached hydrogen (secondary N) is 1. The van der Waals surface area contributed by atoms with Crippen LogP contribution in [0.3, 0.4) is 0 Å². The van der Waals surface area contributed by atoms with Crippen LogP contribution in [0.5, 0.6) is 0 Å². The summed E-state index contributed by atoms with van der Waals surface area (Å²) in [5, 5.41) is 13.7. The Labute approximate surface area is 192 Å². The van der Waals surface area contributed by atoms with E-state index >= 15 is 0 Å². The Bertz CT molecular complexity index is 1180. The molecule has 0 radical (unpaired) electrons. The van der Waals surface area contributed by atoms with E-state index in [9.17, 15) is 4.79 Å². The normalized spacial score (nSPS) is 11.2. The van der Waals surface area contributed by atoms with E-state index in [0.717, 1.165) is 26.8 Å². The van der Waals surface area contributed by atoms with Crippen molar-refractivity contribution in [1.29, 1.82) is 0 Å². The zero-order valence-electron chi connectivity index (χ0n) is 16.7. The summed E-state index contributed by atoms with van der Waals surface area (Å²) in [6.45, 7) is 1.71. The number of benzene rings is 2. The fraction of sp³-hybridized carbons (Fsp3) is 0.238. The van der Waals surface area contributed by atoms with Crippen molar-refractivity contribution in [3.63, 3.8) is 0 Å². The van der Waals surface area contributed by atoms with Crippen LogP contribution in [-0.2, 0) is 23.6 Å². The number of hydrogen-bond donors (Lipinski definition) is 1. The van der Waals surface area contributed by atoms with Crippen LogP contribution < -0.4 is 5.32 Å². The molecule has 2 aromatic heterocycles. The number of amides is 1. The summed E-state index contributed by atoms with van der Waals surface area (Å²) in [7, 11) is 1.68. The Balaban J connectivity index is 1.42. The first kappa shape index (κ1) is 21.8. The van der Waals surface area contributed by atoms with Gasteiger partial charge < -0.3 is 14.6 Å². The number of ether oxygens (including phenoxy) is 1. The van der Waals surface area contributed by atoms with Gasteiger partial charge in [-0.3, -0.25) is 4.79 Å². The molecule has 0 aliphatic carbocycles. The molecule has 0 aliphatic rings. The van der Waals surface area contributed by atoms with Gasteiger partial charge in [0.25, 0.3) is 5.91 Å². The van der Waals surface area contributed by atoms with Gasteiger partial charge in [0.1, 0.15) is 5.01 Å². The maximum atomic E-state index is 12.4. The monoisotopic (exact) mass is 473 g/mol. The Morgan fingerprint density at radius 2 is 2.06 bits per heavy atom. The minimum Gasteiger partial charge on any atom is -0.383 e. The van der Waals surface area contributed by atoms with Crippen LogP contribution in [0.2, 0.25) is 5.02 Å². The Hall–Kier alpha value is -2.46. The molecule has 0 bridgehead atoms. The van der Waals surface area contributed by atoms with Crippen molar-refractivity contribution in [3.05, 3.63) is 69.1 Å². The first-order chi connectivity index (χ1) is 15.1. The number of rotatable bonds is 9. The molecule has 0 atom stereocenters. The molecule has 10 heteroatoms. The molecule has 2 aromatic carbocycles. The fourth-order valence-electron chi connectivity index (χ4n) is 2.97. The lowest BCUT2D eigenvalue weighted by Crippen LogP contribution is -2.22. The van der Waals surface area contributed by atoms with E-state index in [0.29, 0.717) is 35.5 Å². The molecule has 1 N–H and O–H groups in total. The van der Waals surface area contributed by atoms with Crippen LogP contribution in [0.25, 0.3) is 11.0 Å². The number of methoxy groups -OCH3 is 1. The molecule has 7 nitrogen and oxygen atoms in total. The summed E-state index contributed by atoms with van der Waals surface area (Å²) in [6.07, 6.45) is 0. The Morgan fingerprint density at radius 3 is 2.87 bits per heavy atom. The van der Waals surface area contributed by atoms with Gasteiger partial charge in [0.05, 0.1) is 23.4 Å². The number of nitrogens with zero attached hydrogens (tertiary/aromatic N) is 4. The summed E-state index contributed by atoms with van der Waals surface area (Å²) >= 11 is 8.96. The minimum atomic E-state index is -0.223. The molecule has 31 heavy (non-hydrogen) atoms. The van der Waals surface area contributed by atoms with Crippen LogP contribution in [-0.4, -0.2) is 39.4 Å². The molecule has 4 aromatic rings. The molecule has 1 amide bonds. The highest BCUT2D eigenvalue weighted by molar-refractivity contribution is 7.98. The SMILES string of the molecule is COCCn1c(SCc2nnc(C(=O)NCc3ccccc3)s2)nc2cc(Cl)ccc21. The van der Waals surface area contributed by atoms with E-state index in [4.69, 9.17) is 21.3 Å². The number of imidazole rings is 1. The summed E-state index contributed by atoms with van der Waals surface area (Å²) in [6, 6.07) is 15.4. The molecule has 0 spiro atoms. The second kappa shape index (κ2) is 10.2. The summed E-state index contributed by atoms with van der Waals surface area (Å²) in [5.74, 6) is 0.341. The van der Waals surface area contributed by atoms with E-state index in [1.807, 2.05) is 48.5 Å². The molecule has 4 rings (SSSR count). The molecule has 0 aliphatic heterocycles. The highest BCUT2D eigenvalue weighted by Crippen LogP contribution is 2.29. The van der Waals surface area contributed by atoms with Gasteiger partial charge in [-0.05, 0) is 23.8 Å². The maximum absolute atomic E-state index is 12.4. The number of carbonyl (C=O) groups excluding carboxylic acids is 1. The van der Waals surface area contributed by atoms with Crippen molar-refractivity contribution in [2.24, 2.45) is 0 Å². The van der Waals surface area contributed by atoms with Gasteiger partial charge >= 0.3 is 0 Å². The van der Waals surface area contributed by atoms with E-state index in [2.05, 4.69) is 20.1 Å². The number of halogens is 1. The first-order valence-corrected chi connectivity index (χ1v) is 11.7. The predicted molar refractivity (Wildman–Crippen MR) is 124 cm³/mol. The second-order valence-corrected chi connectivity index (χ2v) is 9.07. The van der Waals surface area contributed by atoms with E-state index in [-0.39, 0.29) is 5.91 Å². The molecular weight excluding hydrogens is 454 g/mol. The topological polar surface area (TPSA) is 81.9 Å². The highest BCUT2D eigenvalue weighted by Gasteiger charge is 2.16. The fourth-order valence-corrected chi connectivity index (χ4v) is 4.92. The van der Waals surface area contributed by atoms with E-state index < -0.39 is 0 Å². The van der Waals surface area contributed by atoms with E-state index in [1.54, 1.807) is 18.9 Å². The average molecular weight is 474 g/mol. The van der Waals surface area contributed by atoms with Crippen molar-refractivity contribution in [2.75, 3.05) is 13.7 Å². The number of aromatic nitrogens is 4. The van der Waals surface area contributed by atoms with Gasteiger partial charge in [-0.25, -0.2) is 4.98 Å². The summed E-state index contributed by atoms with van der Waals surface area (Å²) in [5.41, 5.74) is 2.87. The second-order valence-electron chi connectivity index (χ2n) is 6.63. The number of carbonyl (C=O) groups is 1. The van der Waals surface area contributed by atoms with Crippen molar-refractivity contribution in [1.82, 2.24) is 25.1 Å². The van der Waals surface area contributed by atoms with Crippen molar-refractivity contribution in [3.8, 4) is 0 Å². The highest BCUT2D eigenvalue weighted by atomic mass is 35.5. The third kappa shape index (κ3) is 5.43. The van der Waals surface area contributed by atoms with Crippen LogP contribution in [0.1, 0.15) is 20.4 Å². The van der Waals surface area contributed by atoms with Gasteiger partial charge in [0.15, 0.2) is 5.16 Å². The zero-order valence-corrected chi connectivity index (χ0v) is 19.1. The maximum Gasteiger partial charge on any atom is 0.282 e. The lowest BCUT2D eigenvalue weighted by Gasteiger charge is -2.07. The first-order valence-electron chi connectivity index (χ1n) is 9.56. The largest absolute Gasteiger partial charge is 0.383 e.